The Hall–Kier alpha value is -1.45. The smallest absolute Gasteiger partial charge is 0.305 e. The Morgan fingerprint density at radius 3 is 2.29 bits per heavy atom. The van der Waals surface area contributed by atoms with Gasteiger partial charge in [0, 0.05) is 39.4 Å². The molecule has 134 valence electrons. The summed E-state index contributed by atoms with van der Waals surface area (Å²) < 4.78 is 29.4. The number of aryl methyl sites for hydroxylation is 1. The first-order chi connectivity index (χ1) is 11.1. The van der Waals surface area contributed by atoms with Crippen LogP contribution >= 0.6 is 0 Å². The summed E-state index contributed by atoms with van der Waals surface area (Å²) in [6.07, 6.45) is 3.42. The molecule has 9 heteroatoms. The zero-order valence-corrected chi connectivity index (χ0v) is 15.3. The predicted octanol–water partition coefficient (Wildman–Crippen LogP) is -0.955. The van der Waals surface area contributed by atoms with Gasteiger partial charge in [-0.15, -0.1) is 0 Å². The van der Waals surface area contributed by atoms with Crippen LogP contribution in [0.1, 0.15) is 12.8 Å². The van der Waals surface area contributed by atoms with Crippen molar-refractivity contribution in [3.8, 4) is 0 Å². The first-order valence-electron chi connectivity index (χ1n) is 8.08. The summed E-state index contributed by atoms with van der Waals surface area (Å²) in [4.78, 5) is 25.8. The molecule has 0 unspecified atom stereocenters. The fraction of sp³-hybridized carbons (Fsp3) is 0.733. The summed E-state index contributed by atoms with van der Waals surface area (Å²) in [7, 11) is 2.74. The van der Waals surface area contributed by atoms with E-state index in [1.165, 1.54) is 18.4 Å². The van der Waals surface area contributed by atoms with E-state index >= 15 is 0 Å². The molecule has 0 spiro atoms. The molecule has 8 nitrogen and oxygen atoms in total. The second kappa shape index (κ2) is 5.82. The molecule has 1 aromatic heterocycles. The largest absolute Gasteiger partial charge is 0.330 e. The third-order valence-corrected chi connectivity index (χ3v) is 7.04. The summed E-state index contributed by atoms with van der Waals surface area (Å²) >= 11 is 0. The normalized spacial score (nSPS) is 25.5. The molecule has 0 N–H and O–H groups in total. The number of sulfonamides is 1. The summed E-state index contributed by atoms with van der Waals surface area (Å²) in [5, 5.41) is 0. The maximum Gasteiger partial charge on any atom is 0.330 e. The second-order valence-corrected chi connectivity index (χ2v) is 9.01. The zero-order valence-electron chi connectivity index (χ0n) is 14.5. The summed E-state index contributed by atoms with van der Waals surface area (Å²) in [5.74, 6) is 0.867. The van der Waals surface area contributed by atoms with Crippen molar-refractivity contribution in [3.05, 3.63) is 27.0 Å². The summed E-state index contributed by atoms with van der Waals surface area (Å²) in [6, 6.07) is 0.156. The van der Waals surface area contributed by atoms with Crippen molar-refractivity contribution in [2.24, 2.45) is 25.9 Å². The van der Waals surface area contributed by atoms with Crippen LogP contribution < -0.4 is 11.2 Å². The monoisotopic (exact) mass is 356 g/mol. The first-order valence-corrected chi connectivity index (χ1v) is 9.52. The van der Waals surface area contributed by atoms with Crippen LogP contribution in [0.25, 0.3) is 0 Å². The van der Waals surface area contributed by atoms with Crippen LogP contribution in [0.4, 0.5) is 0 Å². The van der Waals surface area contributed by atoms with Gasteiger partial charge < -0.3 is 9.47 Å². The van der Waals surface area contributed by atoms with Crippen molar-refractivity contribution in [2.75, 3.05) is 27.2 Å². The number of hydrogen-bond acceptors (Lipinski definition) is 5. The van der Waals surface area contributed by atoms with E-state index in [0.29, 0.717) is 24.9 Å². The molecule has 1 aliphatic heterocycles. The maximum atomic E-state index is 13.0. The van der Waals surface area contributed by atoms with Crippen LogP contribution in [0.2, 0.25) is 0 Å². The van der Waals surface area contributed by atoms with E-state index < -0.39 is 21.3 Å². The minimum atomic E-state index is -3.92. The van der Waals surface area contributed by atoms with Crippen molar-refractivity contribution >= 4 is 10.0 Å². The van der Waals surface area contributed by atoms with Gasteiger partial charge in [-0.3, -0.25) is 9.36 Å². The van der Waals surface area contributed by atoms with E-state index in [-0.39, 0.29) is 10.9 Å². The molecule has 2 heterocycles. The molecular weight excluding hydrogens is 332 g/mol. The van der Waals surface area contributed by atoms with E-state index in [1.54, 1.807) is 0 Å². The molecule has 0 bridgehead atoms. The third-order valence-electron chi connectivity index (χ3n) is 5.22. The molecule has 1 saturated carbocycles. The van der Waals surface area contributed by atoms with Crippen LogP contribution in [0, 0.1) is 11.8 Å². The van der Waals surface area contributed by atoms with Gasteiger partial charge in [0.25, 0.3) is 5.56 Å². The average Bonchev–Trinajstić information content (AvgIpc) is 3.26. The molecule has 2 atom stereocenters. The highest BCUT2D eigenvalue weighted by atomic mass is 32.2. The fourth-order valence-corrected chi connectivity index (χ4v) is 5.24. The molecule has 2 aliphatic rings. The topological polar surface area (TPSA) is 84.6 Å². The summed E-state index contributed by atoms with van der Waals surface area (Å²) in [6.45, 7) is 0.810. The van der Waals surface area contributed by atoms with Gasteiger partial charge >= 0.3 is 5.69 Å². The predicted molar refractivity (Wildman–Crippen MR) is 89.4 cm³/mol. The fourth-order valence-electron chi connectivity index (χ4n) is 3.60. The summed E-state index contributed by atoms with van der Waals surface area (Å²) in [5.41, 5.74) is -1.31. The van der Waals surface area contributed by atoms with Gasteiger partial charge in [0.15, 0.2) is 4.90 Å². The molecule has 2 fully saturated rings. The lowest BCUT2D eigenvalue weighted by Gasteiger charge is -2.24. The minimum Gasteiger partial charge on any atom is -0.305 e. The van der Waals surface area contributed by atoms with Crippen LogP contribution in [0.3, 0.4) is 0 Å². The Bertz CT molecular complexity index is 856. The van der Waals surface area contributed by atoms with Gasteiger partial charge in [-0.25, -0.2) is 13.2 Å². The molecule has 1 aliphatic carbocycles. The van der Waals surface area contributed by atoms with Crippen LogP contribution in [-0.2, 0) is 24.1 Å². The van der Waals surface area contributed by atoms with E-state index in [1.807, 2.05) is 14.1 Å². The van der Waals surface area contributed by atoms with Crippen molar-refractivity contribution in [1.82, 2.24) is 18.3 Å². The second-order valence-electron chi connectivity index (χ2n) is 7.11. The Morgan fingerprint density at radius 2 is 1.75 bits per heavy atom. The van der Waals surface area contributed by atoms with Gasteiger partial charge in [-0.05, 0) is 38.8 Å². The highest BCUT2D eigenvalue weighted by Gasteiger charge is 2.47. The lowest BCUT2D eigenvalue weighted by molar-refractivity contribution is 0.237. The van der Waals surface area contributed by atoms with Crippen LogP contribution in [0.5, 0.6) is 0 Å². The lowest BCUT2D eigenvalue weighted by Crippen LogP contribution is -2.42. The van der Waals surface area contributed by atoms with Gasteiger partial charge in [-0.2, -0.15) is 4.31 Å². The van der Waals surface area contributed by atoms with Crippen LogP contribution in [0.15, 0.2) is 20.7 Å². The molecule has 1 aromatic rings. The molecule has 3 rings (SSSR count). The lowest BCUT2D eigenvalue weighted by atomic mass is 9.97. The number of aromatic nitrogens is 2. The molecular formula is C15H24N4O4S. The Balaban J connectivity index is 2.00. The highest BCUT2D eigenvalue weighted by molar-refractivity contribution is 7.89. The molecule has 1 saturated heterocycles. The Kier molecular flexibility index (Phi) is 4.21. The third kappa shape index (κ3) is 2.74. The van der Waals surface area contributed by atoms with Gasteiger partial charge in [0.05, 0.1) is 0 Å². The quantitative estimate of drug-likeness (QED) is 0.694. The maximum absolute atomic E-state index is 13.0. The SMILES string of the molecule is CN(C)[C@@H]1CN(S(=O)(=O)c2cn(C)c(=O)n(C)c2=O)C[C@H]1C1CC1. The number of likely N-dealkylation sites (N-methyl/N-ethyl adjacent to an activating group) is 1. The van der Waals surface area contributed by atoms with E-state index in [0.717, 1.165) is 28.2 Å². The van der Waals surface area contributed by atoms with Crippen LogP contribution in [-0.4, -0.2) is 60.0 Å². The van der Waals surface area contributed by atoms with E-state index in [4.69, 9.17) is 0 Å². The van der Waals surface area contributed by atoms with Crippen molar-refractivity contribution in [2.45, 2.75) is 23.8 Å². The molecule has 0 amide bonds. The minimum absolute atomic E-state index is 0.156. The van der Waals surface area contributed by atoms with E-state index in [2.05, 4.69) is 4.90 Å². The van der Waals surface area contributed by atoms with E-state index in [9.17, 15) is 18.0 Å². The van der Waals surface area contributed by atoms with Gasteiger partial charge in [0.2, 0.25) is 10.0 Å². The molecule has 24 heavy (non-hydrogen) atoms. The Morgan fingerprint density at radius 1 is 1.12 bits per heavy atom. The number of rotatable bonds is 4. The highest BCUT2D eigenvalue weighted by Crippen LogP contribution is 2.43. The Labute approximate surface area is 141 Å². The number of nitrogens with zero attached hydrogens (tertiary/aromatic N) is 4. The average molecular weight is 356 g/mol. The van der Waals surface area contributed by atoms with Crippen molar-refractivity contribution in [3.63, 3.8) is 0 Å². The van der Waals surface area contributed by atoms with Crippen molar-refractivity contribution < 1.29 is 8.42 Å². The number of hydrogen-bond donors (Lipinski definition) is 0. The first kappa shape index (κ1) is 17.4. The molecule has 0 radical (unpaired) electrons. The molecule has 0 aromatic carbocycles. The zero-order chi connectivity index (χ0) is 17.8. The van der Waals surface area contributed by atoms with Gasteiger partial charge in [-0.1, -0.05) is 0 Å². The van der Waals surface area contributed by atoms with Gasteiger partial charge in [0.1, 0.15) is 0 Å². The standard InChI is InChI=1S/C15H24N4O4S/c1-16(2)12-8-19(7-11(12)10-5-6-10)24(22,23)13-9-17(3)15(21)18(4)14(13)20/h9-12H,5-8H2,1-4H3/t11-,12+/m0/s1. The van der Waals surface area contributed by atoms with Crippen molar-refractivity contribution in [1.29, 1.82) is 0 Å².